The van der Waals surface area contributed by atoms with Crippen LogP contribution in [0.1, 0.15) is 23.1 Å². The van der Waals surface area contributed by atoms with Crippen LogP contribution in [0.3, 0.4) is 0 Å². The second-order valence-corrected chi connectivity index (χ2v) is 8.35. The third-order valence-electron chi connectivity index (χ3n) is 5.38. The number of hydrogen-bond donors (Lipinski definition) is 0. The molecule has 1 amide bonds. The average molecular weight is 443 g/mol. The molecule has 0 unspecified atom stereocenters. The lowest BCUT2D eigenvalue weighted by molar-refractivity contribution is -0.126. The van der Waals surface area contributed by atoms with Crippen molar-refractivity contribution in [2.75, 3.05) is 33.8 Å². The van der Waals surface area contributed by atoms with Gasteiger partial charge in [0.15, 0.2) is 0 Å². The van der Waals surface area contributed by atoms with Crippen molar-refractivity contribution in [1.82, 2.24) is 9.80 Å². The van der Waals surface area contributed by atoms with E-state index in [1.807, 2.05) is 83.8 Å². The molecule has 0 fully saturated rings. The van der Waals surface area contributed by atoms with Crippen LogP contribution in [0, 0.1) is 0 Å². The molecule has 0 spiro atoms. The molecule has 0 aliphatic carbocycles. The summed E-state index contributed by atoms with van der Waals surface area (Å²) in [6.45, 7) is 2.78. The van der Waals surface area contributed by atoms with Crippen molar-refractivity contribution in [2.45, 2.75) is 19.4 Å². The molecule has 3 aromatic carbocycles. The van der Waals surface area contributed by atoms with Crippen molar-refractivity contribution in [1.29, 1.82) is 0 Å². The molecular weight excluding hydrogens is 408 g/mol. The van der Waals surface area contributed by atoms with Crippen molar-refractivity contribution in [3.8, 4) is 5.75 Å². The van der Waals surface area contributed by atoms with Gasteiger partial charge in [-0.2, -0.15) is 0 Å². The van der Waals surface area contributed by atoms with E-state index in [0.29, 0.717) is 19.7 Å². The molecule has 0 aliphatic heterocycles. The second-order valence-electron chi connectivity index (χ2n) is 8.35. The van der Waals surface area contributed by atoms with E-state index in [9.17, 15) is 4.79 Å². The minimum absolute atomic E-state index is 0.00260. The lowest BCUT2D eigenvalue weighted by atomic mass is 10.1. The van der Waals surface area contributed by atoms with Crippen LogP contribution in [0.25, 0.3) is 6.08 Å². The molecule has 4 heteroatoms. The van der Waals surface area contributed by atoms with Gasteiger partial charge < -0.3 is 14.5 Å². The summed E-state index contributed by atoms with van der Waals surface area (Å²) in [5.74, 6) is 0.845. The van der Waals surface area contributed by atoms with Gasteiger partial charge in [-0.05, 0) is 50.2 Å². The number of hydrogen-bond acceptors (Lipinski definition) is 3. The Morgan fingerprint density at radius 3 is 2.24 bits per heavy atom. The smallest absolute Gasteiger partial charge is 0.246 e. The van der Waals surface area contributed by atoms with Crippen LogP contribution in [0.5, 0.6) is 5.75 Å². The van der Waals surface area contributed by atoms with Gasteiger partial charge in [0.2, 0.25) is 5.91 Å². The Morgan fingerprint density at radius 2 is 1.52 bits per heavy atom. The third kappa shape index (κ3) is 8.59. The zero-order chi connectivity index (χ0) is 23.3. The molecule has 0 N–H and O–H groups in total. The van der Waals surface area contributed by atoms with Gasteiger partial charge in [-0.1, -0.05) is 78.9 Å². The van der Waals surface area contributed by atoms with Crippen LogP contribution in [-0.2, 0) is 17.8 Å². The molecule has 0 radical (unpaired) electrons. The van der Waals surface area contributed by atoms with Crippen molar-refractivity contribution >= 4 is 12.0 Å². The summed E-state index contributed by atoms with van der Waals surface area (Å²) < 4.78 is 6.08. The molecule has 172 valence electrons. The zero-order valence-electron chi connectivity index (χ0n) is 19.7. The topological polar surface area (TPSA) is 32.8 Å². The Balaban J connectivity index is 1.72. The average Bonchev–Trinajstić information content (AvgIpc) is 2.85. The van der Waals surface area contributed by atoms with Gasteiger partial charge in [0.05, 0.1) is 6.61 Å². The van der Waals surface area contributed by atoms with Gasteiger partial charge in [-0.15, -0.1) is 0 Å². The predicted molar refractivity (Wildman–Crippen MR) is 136 cm³/mol. The highest BCUT2D eigenvalue weighted by Gasteiger charge is 2.14. The van der Waals surface area contributed by atoms with Gasteiger partial charge in [0, 0.05) is 31.3 Å². The summed E-state index contributed by atoms with van der Waals surface area (Å²) in [5.41, 5.74) is 3.26. The van der Waals surface area contributed by atoms with Crippen molar-refractivity contribution in [2.24, 2.45) is 0 Å². The maximum Gasteiger partial charge on any atom is 0.246 e. The van der Waals surface area contributed by atoms with E-state index in [2.05, 4.69) is 31.1 Å². The van der Waals surface area contributed by atoms with Crippen LogP contribution >= 0.6 is 0 Å². The first kappa shape index (κ1) is 24.3. The van der Waals surface area contributed by atoms with E-state index in [1.165, 1.54) is 5.56 Å². The third-order valence-corrected chi connectivity index (χ3v) is 5.38. The lowest BCUT2D eigenvalue weighted by Crippen LogP contribution is -2.31. The van der Waals surface area contributed by atoms with E-state index in [-0.39, 0.29) is 5.91 Å². The fraction of sp³-hybridized carbons (Fsp3) is 0.276. The number of carbonyl (C=O) groups excluding carboxylic acids is 1. The number of nitrogens with zero attached hydrogens (tertiary/aromatic N) is 2. The van der Waals surface area contributed by atoms with Crippen molar-refractivity contribution < 1.29 is 9.53 Å². The highest BCUT2D eigenvalue weighted by molar-refractivity contribution is 5.91. The van der Waals surface area contributed by atoms with E-state index in [4.69, 9.17) is 4.74 Å². The first-order chi connectivity index (χ1) is 16.1. The van der Waals surface area contributed by atoms with E-state index in [0.717, 1.165) is 36.3 Å². The molecule has 0 aliphatic rings. The molecular formula is C29H34N2O2. The number of benzene rings is 3. The van der Waals surface area contributed by atoms with E-state index in [1.54, 1.807) is 6.08 Å². The van der Waals surface area contributed by atoms with Gasteiger partial charge in [-0.3, -0.25) is 4.79 Å². The first-order valence-electron chi connectivity index (χ1n) is 11.5. The van der Waals surface area contributed by atoms with Crippen molar-refractivity contribution in [3.05, 3.63) is 108 Å². The molecule has 33 heavy (non-hydrogen) atoms. The minimum atomic E-state index is -0.00260. The molecule has 4 nitrogen and oxygen atoms in total. The Labute approximate surface area is 198 Å². The minimum Gasteiger partial charge on any atom is -0.493 e. The molecule has 0 aromatic heterocycles. The predicted octanol–water partition coefficient (Wildman–Crippen LogP) is 5.30. The maximum absolute atomic E-state index is 13.2. The number of rotatable bonds is 12. The van der Waals surface area contributed by atoms with Crippen LogP contribution in [-0.4, -0.2) is 49.5 Å². The lowest BCUT2D eigenvalue weighted by Gasteiger charge is -2.23. The fourth-order valence-electron chi connectivity index (χ4n) is 3.56. The molecule has 0 atom stereocenters. The van der Waals surface area contributed by atoms with Crippen LogP contribution < -0.4 is 4.74 Å². The molecule has 0 heterocycles. The van der Waals surface area contributed by atoms with Gasteiger partial charge in [-0.25, -0.2) is 0 Å². The molecule has 0 bridgehead atoms. The first-order valence-corrected chi connectivity index (χ1v) is 11.5. The Kier molecular flexibility index (Phi) is 9.74. The van der Waals surface area contributed by atoms with Crippen LogP contribution in [0.15, 0.2) is 91.0 Å². The van der Waals surface area contributed by atoms with Gasteiger partial charge >= 0.3 is 0 Å². The molecule has 0 saturated carbocycles. The Hall–Kier alpha value is -3.37. The van der Waals surface area contributed by atoms with E-state index >= 15 is 0 Å². The van der Waals surface area contributed by atoms with Crippen molar-refractivity contribution in [3.63, 3.8) is 0 Å². The zero-order valence-corrected chi connectivity index (χ0v) is 19.7. The number of amides is 1. The van der Waals surface area contributed by atoms with E-state index < -0.39 is 0 Å². The summed E-state index contributed by atoms with van der Waals surface area (Å²) in [6, 6.07) is 28.2. The van der Waals surface area contributed by atoms with Gasteiger partial charge in [0.1, 0.15) is 5.75 Å². The molecule has 0 saturated heterocycles. The monoisotopic (exact) mass is 442 g/mol. The summed E-state index contributed by atoms with van der Waals surface area (Å²) in [7, 11) is 4.13. The summed E-state index contributed by atoms with van der Waals surface area (Å²) in [5, 5.41) is 0. The van der Waals surface area contributed by atoms with Gasteiger partial charge in [0.25, 0.3) is 0 Å². The second kappa shape index (κ2) is 13.2. The normalized spacial score (nSPS) is 11.1. The Bertz CT molecular complexity index is 1000. The molecule has 3 aromatic rings. The summed E-state index contributed by atoms with van der Waals surface area (Å²) >= 11 is 0. The van der Waals surface area contributed by atoms with Crippen LogP contribution in [0.2, 0.25) is 0 Å². The van der Waals surface area contributed by atoms with Crippen LogP contribution in [0.4, 0.5) is 0 Å². The summed E-state index contributed by atoms with van der Waals surface area (Å²) in [4.78, 5) is 17.2. The highest BCUT2D eigenvalue weighted by Crippen LogP contribution is 2.21. The SMILES string of the molecule is CN(C)CCCOc1ccccc1CN(CCc1ccccc1)C(=O)C=Cc1ccccc1. The standard InChI is InChI=1S/C29H34N2O2/c1-30(2)21-11-23-33-28-17-10-9-16-27(28)24-31(22-20-26-14-7-4-8-15-26)29(32)19-18-25-12-5-3-6-13-25/h3-10,12-19H,11,20-24H2,1-2H3. The fourth-order valence-corrected chi connectivity index (χ4v) is 3.56. The quantitative estimate of drug-likeness (QED) is 0.282. The number of para-hydroxylation sites is 1. The number of carbonyl (C=O) groups is 1. The summed E-state index contributed by atoms with van der Waals surface area (Å²) in [6.07, 6.45) is 5.30. The number of ether oxygens (including phenoxy) is 1. The highest BCUT2D eigenvalue weighted by atomic mass is 16.5. The maximum atomic E-state index is 13.2. The molecule has 3 rings (SSSR count). The Morgan fingerprint density at radius 1 is 0.848 bits per heavy atom. The largest absolute Gasteiger partial charge is 0.493 e.